The summed E-state index contributed by atoms with van der Waals surface area (Å²) in [5.74, 6) is -0.701. The molecular formula is C16H13Cl3N2O4. The Kier molecular flexibility index (Phi) is 6.75. The molecule has 6 nitrogen and oxygen atoms in total. The third-order valence-corrected chi connectivity index (χ3v) is 3.82. The lowest BCUT2D eigenvalue weighted by molar-refractivity contribution is -0.123. The summed E-state index contributed by atoms with van der Waals surface area (Å²) in [4.78, 5) is 23.9. The molecule has 2 rings (SSSR count). The summed E-state index contributed by atoms with van der Waals surface area (Å²) in [6, 6.07) is 9.35. The highest BCUT2D eigenvalue weighted by Crippen LogP contribution is 2.32. The molecule has 0 aliphatic rings. The smallest absolute Gasteiger partial charge is 0.276 e. The number of hydrazine groups is 1. The molecule has 0 radical (unpaired) electrons. The average Bonchev–Trinajstić information content (AvgIpc) is 2.59. The van der Waals surface area contributed by atoms with E-state index in [4.69, 9.17) is 44.3 Å². The van der Waals surface area contributed by atoms with Crippen molar-refractivity contribution in [1.82, 2.24) is 10.9 Å². The van der Waals surface area contributed by atoms with E-state index in [2.05, 4.69) is 10.9 Å². The normalized spacial score (nSPS) is 10.1. The molecule has 2 aromatic carbocycles. The molecule has 2 amide bonds. The number of para-hydroxylation sites is 1. The zero-order valence-corrected chi connectivity index (χ0v) is 15.2. The summed E-state index contributed by atoms with van der Waals surface area (Å²) in [6.07, 6.45) is 0. The maximum atomic E-state index is 12.1. The van der Waals surface area contributed by atoms with Crippen molar-refractivity contribution in [3.63, 3.8) is 0 Å². The van der Waals surface area contributed by atoms with Crippen LogP contribution in [-0.4, -0.2) is 25.5 Å². The summed E-state index contributed by atoms with van der Waals surface area (Å²) in [6.45, 7) is -0.392. The van der Waals surface area contributed by atoms with Gasteiger partial charge in [-0.2, -0.15) is 0 Å². The number of nitrogens with one attached hydrogen (secondary N) is 2. The molecule has 0 bridgehead atoms. The van der Waals surface area contributed by atoms with E-state index in [-0.39, 0.29) is 21.4 Å². The predicted molar refractivity (Wildman–Crippen MR) is 95.6 cm³/mol. The number of carbonyl (C=O) groups excluding carboxylic acids is 2. The zero-order valence-electron chi connectivity index (χ0n) is 12.9. The van der Waals surface area contributed by atoms with Crippen molar-refractivity contribution < 1.29 is 19.1 Å². The van der Waals surface area contributed by atoms with Gasteiger partial charge in [0.15, 0.2) is 12.4 Å². The van der Waals surface area contributed by atoms with Gasteiger partial charge < -0.3 is 9.47 Å². The van der Waals surface area contributed by atoms with Gasteiger partial charge in [0.2, 0.25) is 0 Å². The second-order valence-corrected chi connectivity index (χ2v) is 5.94. The van der Waals surface area contributed by atoms with Gasteiger partial charge in [-0.05, 0) is 30.3 Å². The number of halogens is 3. The van der Waals surface area contributed by atoms with E-state index in [1.54, 1.807) is 30.3 Å². The van der Waals surface area contributed by atoms with E-state index in [1.807, 2.05) is 0 Å². The first-order valence-corrected chi connectivity index (χ1v) is 8.05. The van der Waals surface area contributed by atoms with Crippen LogP contribution in [0.3, 0.4) is 0 Å². The maximum Gasteiger partial charge on any atom is 0.276 e. The first-order chi connectivity index (χ1) is 11.9. The third-order valence-electron chi connectivity index (χ3n) is 2.99. The van der Waals surface area contributed by atoms with E-state index in [9.17, 15) is 9.59 Å². The van der Waals surface area contributed by atoms with E-state index >= 15 is 0 Å². The number of hydrogen-bond donors (Lipinski definition) is 2. The molecule has 0 spiro atoms. The van der Waals surface area contributed by atoms with E-state index in [0.717, 1.165) is 0 Å². The van der Waals surface area contributed by atoms with E-state index in [1.165, 1.54) is 13.2 Å². The molecule has 132 valence electrons. The minimum absolute atomic E-state index is 0.172. The van der Waals surface area contributed by atoms with Crippen molar-refractivity contribution in [3.05, 3.63) is 57.0 Å². The summed E-state index contributed by atoms with van der Waals surface area (Å²) in [5.41, 5.74) is 4.63. The molecular weight excluding hydrogens is 391 g/mol. The number of methoxy groups -OCH3 is 1. The molecule has 0 saturated heterocycles. The Labute approximate surface area is 158 Å². The Morgan fingerprint density at radius 3 is 2.36 bits per heavy atom. The molecule has 0 unspecified atom stereocenters. The Morgan fingerprint density at radius 1 is 1.04 bits per heavy atom. The van der Waals surface area contributed by atoms with Crippen LogP contribution in [0.2, 0.25) is 15.1 Å². The van der Waals surface area contributed by atoms with Crippen LogP contribution < -0.4 is 20.3 Å². The second-order valence-electron chi connectivity index (χ2n) is 4.69. The fourth-order valence-corrected chi connectivity index (χ4v) is 2.52. The highest BCUT2D eigenvalue weighted by atomic mass is 35.5. The van der Waals surface area contributed by atoms with Gasteiger partial charge in [-0.1, -0.05) is 40.9 Å². The topological polar surface area (TPSA) is 76.7 Å². The lowest BCUT2D eigenvalue weighted by Gasteiger charge is -2.12. The van der Waals surface area contributed by atoms with Crippen molar-refractivity contribution in [2.45, 2.75) is 0 Å². The lowest BCUT2D eigenvalue weighted by Crippen LogP contribution is -2.44. The van der Waals surface area contributed by atoms with Crippen LogP contribution >= 0.6 is 34.8 Å². The van der Waals surface area contributed by atoms with Crippen molar-refractivity contribution in [2.24, 2.45) is 0 Å². The van der Waals surface area contributed by atoms with Gasteiger partial charge in [0.25, 0.3) is 11.8 Å². The molecule has 2 aromatic rings. The van der Waals surface area contributed by atoms with Gasteiger partial charge >= 0.3 is 0 Å². The Bertz CT molecular complexity index is 779. The van der Waals surface area contributed by atoms with Gasteiger partial charge in [-0.15, -0.1) is 0 Å². The number of amides is 2. The third kappa shape index (κ3) is 5.16. The van der Waals surface area contributed by atoms with Gasteiger partial charge in [0, 0.05) is 5.02 Å². The number of hydrogen-bond acceptors (Lipinski definition) is 4. The molecule has 0 saturated carbocycles. The quantitative estimate of drug-likeness (QED) is 0.749. The lowest BCUT2D eigenvalue weighted by atomic mass is 10.2. The van der Waals surface area contributed by atoms with Gasteiger partial charge in [0.1, 0.15) is 5.75 Å². The van der Waals surface area contributed by atoms with Gasteiger partial charge in [0.05, 0.1) is 22.7 Å². The highest BCUT2D eigenvalue weighted by molar-refractivity contribution is 6.37. The standard InChI is InChI=1S/C16H13Cl3N2O4/c1-24-13-6-5-9(17)7-10(13)16(23)21-20-14(22)8-25-15-11(18)3-2-4-12(15)19/h2-7H,8H2,1H3,(H,20,22)(H,21,23). The number of ether oxygens (including phenoxy) is 2. The zero-order chi connectivity index (χ0) is 18.4. The Morgan fingerprint density at radius 2 is 1.72 bits per heavy atom. The number of carbonyl (C=O) groups is 2. The van der Waals surface area contributed by atoms with Crippen LogP contribution in [0.1, 0.15) is 10.4 Å². The monoisotopic (exact) mass is 402 g/mol. The summed E-state index contributed by atoms with van der Waals surface area (Å²) in [7, 11) is 1.42. The fourth-order valence-electron chi connectivity index (χ4n) is 1.85. The molecule has 0 atom stereocenters. The van der Waals surface area contributed by atoms with Crippen molar-refractivity contribution >= 4 is 46.6 Å². The van der Waals surface area contributed by atoms with Crippen LogP contribution in [0, 0.1) is 0 Å². The van der Waals surface area contributed by atoms with Crippen LogP contribution in [0.5, 0.6) is 11.5 Å². The molecule has 0 aliphatic heterocycles. The predicted octanol–water partition coefficient (Wildman–Crippen LogP) is 3.50. The van der Waals surface area contributed by atoms with E-state index < -0.39 is 18.4 Å². The van der Waals surface area contributed by atoms with Crippen LogP contribution in [-0.2, 0) is 4.79 Å². The molecule has 0 fully saturated rings. The van der Waals surface area contributed by atoms with Crippen LogP contribution in [0.15, 0.2) is 36.4 Å². The summed E-state index contributed by atoms with van der Waals surface area (Å²) < 4.78 is 10.3. The van der Waals surface area contributed by atoms with Crippen LogP contribution in [0.4, 0.5) is 0 Å². The fraction of sp³-hybridized carbons (Fsp3) is 0.125. The van der Waals surface area contributed by atoms with Crippen molar-refractivity contribution in [3.8, 4) is 11.5 Å². The molecule has 0 aromatic heterocycles. The maximum absolute atomic E-state index is 12.1. The molecule has 2 N–H and O–H groups in total. The van der Waals surface area contributed by atoms with Gasteiger partial charge in [-0.3, -0.25) is 20.4 Å². The highest BCUT2D eigenvalue weighted by Gasteiger charge is 2.14. The van der Waals surface area contributed by atoms with Crippen molar-refractivity contribution in [2.75, 3.05) is 13.7 Å². The van der Waals surface area contributed by atoms with Gasteiger partial charge in [-0.25, -0.2) is 0 Å². The number of benzene rings is 2. The van der Waals surface area contributed by atoms with Crippen LogP contribution in [0.25, 0.3) is 0 Å². The molecule has 9 heteroatoms. The molecule has 0 aliphatic carbocycles. The Balaban J connectivity index is 1.92. The minimum Gasteiger partial charge on any atom is -0.496 e. The first kappa shape index (κ1) is 19.2. The Hall–Kier alpha value is -2.15. The summed E-state index contributed by atoms with van der Waals surface area (Å²) in [5, 5.41) is 0.898. The molecule has 0 heterocycles. The second kappa shape index (κ2) is 8.80. The van der Waals surface area contributed by atoms with E-state index in [0.29, 0.717) is 10.8 Å². The SMILES string of the molecule is COc1ccc(Cl)cc1C(=O)NNC(=O)COc1c(Cl)cccc1Cl. The first-order valence-electron chi connectivity index (χ1n) is 6.92. The number of rotatable bonds is 5. The average molecular weight is 404 g/mol. The minimum atomic E-state index is -0.606. The summed E-state index contributed by atoms with van der Waals surface area (Å²) >= 11 is 17.7. The largest absolute Gasteiger partial charge is 0.496 e. The molecule has 25 heavy (non-hydrogen) atoms. The van der Waals surface area contributed by atoms with Crippen molar-refractivity contribution in [1.29, 1.82) is 0 Å².